The van der Waals surface area contributed by atoms with Crippen LogP contribution in [-0.2, 0) is 14.4 Å². The Morgan fingerprint density at radius 3 is 1.23 bits per heavy atom. The molecule has 0 N–H and O–H groups in total. The highest BCUT2D eigenvalue weighted by Crippen LogP contribution is 2.18. The van der Waals surface area contributed by atoms with Gasteiger partial charge in [0, 0.05) is 19.3 Å². The van der Waals surface area contributed by atoms with Crippen LogP contribution in [0.5, 0.6) is 0 Å². The van der Waals surface area contributed by atoms with Crippen molar-refractivity contribution in [3.05, 3.63) is 36.0 Å². The minimum absolute atomic E-state index is 0.378. The molecule has 0 unspecified atom stereocenters. The minimum Gasteiger partial charge on any atom is -0.300 e. The number of allylic oxidation sites excluding steroid dienone is 6. The Hall–Kier alpha value is -1.77. The summed E-state index contributed by atoms with van der Waals surface area (Å²) in [7, 11) is 0. The third kappa shape index (κ3) is 23.7. The summed E-state index contributed by atoms with van der Waals surface area (Å²) in [6, 6.07) is 0. The summed E-state index contributed by atoms with van der Waals surface area (Å²) >= 11 is 0. The highest BCUT2D eigenvalue weighted by Gasteiger charge is 2.09. The molecule has 2 aliphatic rings. The molecular weight excluding hydrogens is 432 g/mol. The maximum absolute atomic E-state index is 12.0. The highest BCUT2D eigenvalue weighted by molar-refractivity contribution is 5.95. The summed E-state index contributed by atoms with van der Waals surface area (Å²) in [6.45, 7) is 3.80. The van der Waals surface area contributed by atoms with E-state index in [0.29, 0.717) is 11.6 Å². The van der Waals surface area contributed by atoms with Crippen LogP contribution in [0.25, 0.3) is 0 Å². The lowest BCUT2D eigenvalue weighted by Gasteiger charge is -2.08. The first-order valence-corrected chi connectivity index (χ1v) is 14.6. The van der Waals surface area contributed by atoms with Crippen LogP contribution in [0.3, 0.4) is 0 Å². The Balaban J connectivity index is 0.000000567. The van der Waals surface area contributed by atoms with E-state index in [1.165, 1.54) is 96.0 Å². The molecule has 2 aliphatic carbocycles. The van der Waals surface area contributed by atoms with Crippen molar-refractivity contribution >= 4 is 17.9 Å². The molecule has 3 heteroatoms. The molecule has 0 radical (unpaired) electrons. The number of carbonyl (C=O) groups is 3. The van der Waals surface area contributed by atoms with Crippen LogP contribution in [0.15, 0.2) is 36.0 Å². The third-order valence-corrected chi connectivity index (χ3v) is 6.63. The zero-order valence-electron chi connectivity index (χ0n) is 23.0. The second-order valence-electron chi connectivity index (χ2n) is 9.85. The molecule has 2 fully saturated rings. The second-order valence-corrected chi connectivity index (χ2v) is 9.85. The van der Waals surface area contributed by atoms with Gasteiger partial charge in [-0.05, 0) is 57.6 Å². The van der Waals surface area contributed by atoms with E-state index in [-0.39, 0.29) is 0 Å². The number of hydrogen-bond acceptors (Lipinski definition) is 3. The molecule has 0 aliphatic heterocycles. The van der Waals surface area contributed by atoms with Gasteiger partial charge in [-0.1, -0.05) is 108 Å². The fourth-order valence-electron chi connectivity index (χ4n) is 4.44. The van der Waals surface area contributed by atoms with Gasteiger partial charge in [-0.25, -0.2) is 0 Å². The molecule has 0 aromatic rings. The van der Waals surface area contributed by atoms with Gasteiger partial charge in [0.25, 0.3) is 0 Å². The van der Waals surface area contributed by atoms with Crippen molar-refractivity contribution < 1.29 is 14.4 Å². The van der Waals surface area contributed by atoms with E-state index in [1.807, 2.05) is 25.2 Å². The van der Waals surface area contributed by atoms with E-state index in [2.05, 4.69) is 0 Å². The van der Waals surface area contributed by atoms with Gasteiger partial charge in [-0.3, -0.25) is 14.4 Å². The van der Waals surface area contributed by atoms with Gasteiger partial charge in [0.05, 0.1) is 0 Å². The molecule has 35 heavy (non-hydrogen) atoms. The van der Waals surface area contributed by atoms with E-state index >= 15 is 0 Å². The largest absolute Gasteiger partial charge is 0.300 e. The molecule has 2 saturated carbocycles. The smallest absolute Gasteiger partial charge is 0.158 e. The molecule has 0 heterocycles. The molecule has 0 amide bonds. The van der Waals surface area contributed by atoms with E-state index in [1.54, 1.807) is 13.0 Å². The van der Waals surface area contributed by atoms with E-state index < -0.39 is 0 Å². The Kier molecular flexibility index (Phi) is 25.5. The molecule has 0 bridgehead atoms. The van der Waals surface area contributed by atoms with Crippen LogP contribution in [0.4, 0.5) is 0 Å². The summed E-state index contributed by atoms with van der Waals surface area (Å²) in [5, 5.41) is 0. The maximum atomic E-state index is 12.0. The fraction of sp³-hybridized carbons (Fsp3) is 0.719. The summed E-state index contributed by atoms with van der Waals surface area (Å²) in [4.78, 5) is 32.7. The summed E-state index contributed by atoms with van der Waals surface area (Å²) in [5.41, 5.74) is 1.05. The average Bonchev–Trinajstić information content (AvgIpc) is 2.84. The zero-order chi connectivity index (χ0) is 25.8. The second kappa shape index (κ2) is 26.8. The first-order valence-electron chi connectivity index (χ1n) is 14.6. The standard InChI is InChI=1S/C16H26O.C12H22O.C4H6O/c1-2-3-12-15-13-10-8-6-4-5-7-9-11-14-16(15)17;13-12-10-8-6-4-2-1-3-5-7-9-11-12;1-2-3-4-5/h2-3,12H,4-11,13-14H2,1H3;1-11H2;2-4H,1H3/b;;3-2+. The topological polar surface area (TPSA) is 51.2 Å². The van der Waals surface area contributed by atoms with Crippen molar-refractivity contribution in [1.29, 1.82) is 0 Å². The number of aldehydes is 1. The predicted octanol–water partition coefficient (Wildman–Crippen LogP) is 9.59. The van der Waals surface area contributed by atoms with Gasteiger partial charge in [-0.2, -0.15) is 0 Å². The molecule has 0 spiro atoms. The van der Waals surface area contributed by atoms with Gasteiger partial charge in [0.1, 0.15) is 12.1 Å². The van der Waals surface area contributed by atoms with Crippen LogP contribution in [0.2, 0.25) is 0 Å². The summed E-state index contributed by atoms with van der Waals surface area (Å²) in [5.74, 6) is 0.879. The summed E-state index contributed by atoms with van der Waals surface area (Å²) in [6.07, 6.45) is 35.1. The SMILES string of the molecule is C/C=C/C=O.CC=CC=C1CCCCCCCCCCC1=O.O=C1CCCCCCCCCCC1. The Morgan fingerprint density at radius 1 is 0.486 bits per heavy atom. The van der Waals surface area contributed by atoms with Gasteiger partial charge < -0.3 is 0 Å². The van der Waals surface area contributed by atoms with Crippen LogP contribution in [-0.4, -0.2) is 17.9 Å². The molecule has 0 saturated heterocycles. The van der Waals surface area contributed by atoms with E-state index in [9.17, 15) is 14.4 Å². The monoisotopic (exact) mass is 486 g/mol. The van der Waals surface area contributed by atoms with Crippen LogP contribution >= 0.6 is 0 Å². The van der Waals surface area contributed by atoms with Crippen molar-refractivity contribution in [3.8, 4) is 0 Å². The quantitative estimate of drug-likeness (QED) is 0.288. The summed E-state index contributed by atoms with van der Waals surface area (Å²) < 4.78 is 0. The fourth-order valence-corrected chi connectivity index (χ4v) is 4.44. The predicted molar refractivity (Wildman–Crippen MR) is 151 cm³/mol. The molecular formula is C32H54O3. The normalized spacial score (nSPS) is 21.4. The van der Waals surface area contributed by atoms with Crippen molar-refractivity contribution in [1.82, 2.24) is 0 Å². The van der Waals surface area contributed by atoms with Crippen LogP contribution in [0, 0.1) is 0 Å². The molecule has 0 aromatic heterocycles. The molecule has 3 nitrogen and oxygen atoms in total. The third-order valence-electron chi connectivity index (χ3n) is 6.63. The van der Waals surface area contributed by atoms with Gasteiger partial charge >= 0.3 is 0 Å². The molecule has 200 valence electrons. The number of ketones is 2. The Bertz CT molecular complexity index is 598. The lowest BCUT2D eigenvalue weighted by molar-refractivity contribution is -0.119. The van der Waals surface area contributed by atoms with Gasteiger partial charge in [-0.15, -0.1) is 0 Å². The lowest BCUT2D eigenvalue weighted by Crippen LogP contribution is -2.03. The van der Waals surface area contributed by atoms with Crippen LogP contribution < -0.4 is 0 Å². The first-order chi connectivity index (χ1) is 17.2. The number of carbonyl (C=O) groups excluding carboxylic acids is 3. The minimum atomic E-state index is 0.378. The number of Topliss-reactive ketones (excluding diaryl/α,β-unsaturated/α-hetero) is 2. The van der Waals surface area contributed by atoms with Gasteiger partial charge in [0.2, 0.25) is 0 Å². The van der Waals surface area contributed by atoms with E-state index in [4.69, 9.17) is 0 Å². The Morgan fingerprint density at radius 2 is 0.857 bits per heavy atom. The molecule has 0 atom stereocenters. The van der Waals surface area contributed by atoms with Crippen molar-refractivity contribution in [2.24, 2.45) is 0 Å². The van der Waals surface area contributed by atoms with Crippen LogP contribution in [0.1, 0.15) is 149 Å². The van der Waals surface area contributed by atoms with Crippen molar-refractivity contribution in [2.75, 3.05) is 0 Å². The number of hydrogen-bond donors (Lipinski definition) is 0. The molecule has 0 aromatic carbocycles. The van der Waals surface area contributed by atoms with E-state index in [0.717, 1.165) is 56.8 Å². The maximum Gasteiger partial charge on any atom is 0.158 e. The first kappa shape index (κ1) is 33.2. The zero-order valence-corrected chi connectivity index (χ0v) is 23.0. The van der Waals surface area contributed by atoms with Crippen molar-refractivity contribution in [2.45, 2.75) is 149 Å². The number of rotatable bonds is 2. The highest BCUT2D eigenvalue weighted by atomic mass is 16.1. The Labute approximate surface area is 216 Å². The lowest BCUT2D eigenvalue weighted by atomic mass is 9.96. The molecule has 2 rings (SSSR count). The average molecular weight is 487 g/mol. The van der Waals surface area contributed by atoms with Gasteiger partial charge in [0.15, 0.2) is 5.78 Å². The van der Waals surface area contributed by atoms with Crippen molar-refractivity contribution in [3.63, 3.8) is 0 Å².